The summed E-state index contributed by atoms with van der Waals surface area (Å²) in [7, 11) is 5.33. The number of unbranched alkanes of at least 4 members (excludes halogenated alkanes) is 2. The molecule has 8 nitrogen and oxygen atoms in total. The van der Waals surface area contributed by atoms with Gasteiger partial charge in [-0.05, 0) is 38.5 Å². The van der Waals surface area contributed by atoms with E-state index in [-0.39, 0.29) is 43.1 Å². The van der Waals surface area contributed by atoms with Gasteiger partial charge in [0.15, 0.2) is 6.10 Å². The Labute approximate surface area is 254 Å². The summed E-state index contributed by atoms with van der Waals surface area (Å²) in [4.78, 5) is 35.9. The van der Waals surface area contributed by atoms with Crippen LogP contribution in [0.5, 0.6) is 0 Å². The van der Waals surface area contributed by atoms with Crippen molar-refractivity contribution in [3.8, 4) is 0 Å². The van der Waals surface area contributed by atoms with Gasteiger partial charge in [-0.15, -0.1) is 0 Å². The summed E-state index contributed by atoms with van der Waals surface area (Å²) in [5.41, 5.74) is 0. The van der Waals surface area contributed by atoms with Crippen molar-refractivity contribution in [3.05, 3.63) is 60.8 Å². The number of hydrogen-bond donors (Lipinski definition) is 0. The molecule has 2 unspecified atom stereocenters. The van der Waals surface area contributed by atoms with Crippen LogP contribution in [-0.4, -0.2) is 75.5 Å². The molecule has 0 heterocycles. The number of esters is 2. The van der Waals surface area contributed by atoms with Gasteiger partial charge >= 0.3 is 11.9 Å². The number of carbonyl (C=O) groups excluding carboxylic acids is 3. The normalized spacial score (nSPS) is 14.0. The molecule has 0 aliphatic rings. The summed E-state index contributed by atoms with van der Waals surface area (Å²) in [5.74, 6) is -1.94. The van der Waals surface area contributed by atoms with E-state index in [1.54, 1.807) is 27.2 Å². The Balaban J connectivity index is 4.57. The molecule has 0 fully saturated rings. The van der Waals surface area contributed by atoms with Gasteiger partial charge in [0.25, 0.3) is 0 Å². The zero-order chi connectivity index (χ0) is 31.5. The van der Waals surface area contributed by atoms with E-state index >= 15 is 0 Å². The number of quaternary nitrogens is 1. The minimum atomic E-state index is -1.15. The molecule has 8 heteroatoms. The van der Waals surface area contributed by atoms with E-state index in [0.717, 1.165) is 44.9 Å². The Hall–Kier alpha value is -2.97. The predicted octanol–water partition coefficient (Wildman–Crippen LogP) is 5.39. The van der Waals surface area contributed by atoms with Crippen LogP contribution in [0.25, 0.3) is 0 Å². The van der Waals surface area contributed by atoms with Gasteiger partial charge in [0.05, 0.1) is 46.7 Å². The Morgan fingerprint density at radius 3 is 1.79 bits per heavy atom. The molecular formula is C34H55NO7. The fourth-order valence-electron chi connectivity index (χ4n) is 3.79. The highest BCUT2D eigenvalue weighted by Gasteiger charge is 2.25. The quantitative estimate of drug-likeness (QED) is 0.0609. The molecule has 0 saturated carbocycles. The number of rotatable bonds is 25. The molecule has 42 heavy (non-hydrogen) atoms. The van der Waals surface area contributed by atoms with Crippen molar-refractivity contribution in [2.75, 3.05) is 41.0 Å². The standard InChI is InChI=1S/C34H55NO7/c1-6-8-10-11-12-13-14-15-16-17-18-19-20-21-23-25-33(37)42-30(29-41-32(36)24-22-9-7-2)28-40-27-26-31(34(38)39)35(3,4)5/h8,10,12-13,15-16,18-19,21,23,30-31H,6-7,9,11,14,17,20,22,24-29H2,1-5H3/b10-8-,13-12-,16-15-,19-18-,23-21-. The molecule has 0 aliphatic heterocycles. The lowest BCUT2D eigenvalue weighted by Crippen LogP contribution is -2.55. The van der Waals surface area contributed by atoms with Crippen molar-refractivity contribution in [1.82, 2.24) is 0 Å². The van der Waals surface area contributed by atoms with E-state index < -0.39 is 24.1 Å². The van der Waals surface area contributed by atoms with E-state index in [9.17, 15) is 19.5 Å². The lowest BCUT2D eigenvalue weighted by atomic mass is 10.1. The maximum Gasteiger partial charge on any atom is 0.310 e. The predicted molar refractivity (Wildman–Crippen MR) is 166 cm³/mol. The number of carbonyl (C=O) groups is 3. The van der Waals surface area contributed by atoms with Gasteiger partial charge in [-0.2, -0.15) is 0 Å². The Bertz CT molecular complexity index is 881. The van der Waals surface area contributed by atoms with Crippen LogP contribution in [0.3, 0.4) is 0 Å². The summed E-state index contributed by atoms with van der Waals surface area (Å²) in [5, 5.41) is 11.5. The highest BCUT2D eigenvalue weighted by molar-refractivity contribution is 5.71. The van der Waals surface area contributed by atoms with Crippen molar-refractivity contribution in [3.63, 3.8) is 0 Å². The molecule has 0 aromatic carbocycles. The summed E-state index contributed by atoms with van der Waals surface area (Å²) >= 11 is 0. The number of aliphatic carboxylic acids is 1. The summed E-state index contributed by atoms with van der Waals surface area (Å²) in [6, 6.07) is -0.738. The minimum Gasteiger partial charge on any atom is -0.544 e. The molecule has 2 atom stereocenters. The van der Waals surface area contributed by atoms with Crippen LogP contribution in [0, 0.1) is 0 Å². The SMILES string of the molecule is CC/C=C\C/C=C\C/C=C\C/C=C\C/C=C\CC(=O)OC(COCCC(C(=O)[O-])[N+](C)(C)C)COC(=O)CCCCC. The van der Waals surface area contributed by atoms with Gasteiger partial charge in [0.2, 0.25) is 0 Å². The zero-order valence-electron chi connectivity index (χ0n) is 26.6. The molecule has 0 aliphatic carbocycles. The molecule has 238 valence electrons. The third-order valence-electron chi connectivity index (χ3n) is 6.20. The molecule has 0 amide bonds. The van der Waals surface area contributed by atoms with Gasteiger partial charge in [-0.3, -0.25) is 9.59 Å². The number of allylic oxidation sites excluding steroid dienone is 9. The number of carboxylic acids is 1. The number of carboxylic acid groups (broad SMARTS) is 1. The summed E-state index contributed by atoms with van der Waals surface area (Å²) in [6.45, 7) is 4.21. The highest BCUT2D eigenvalue weighted by Crippen LogP contribution is 2.09. The van der Waals surface area contributed by atoms with Crippen molar-refractivity contribution in [1.29, 1.82) is 0 Å². The monoisotopic (exact) mass is 589 g/mol. The number of ether oxygens (including phenoxy) is 3. The van der Waals surface area contributed by atoms with Crippen LogP contribution in [0.4, 0.5) is 0 Å². The molecule has 0 bridgehead atoms. The van der Waals surface area contributed by atoms with Gasteiger partial charge in [0, 0.05) is 12.8 Å². The second kappa shape index (κ2) is 25.7. The Morgan fingerprint density at radius 2 is 1.29 bits per heavy atom. The number of likely N-dealkylation sites (N-methyl/N-ethyl adjacent to an activating group) is 1. The fraction of sp³-hybridized carbons (Fsp3) is 0.618. The van der Waals surface area contributed by atoms with E-state index in [1.165, 1.54) is 0 Å². The third-order valence-corrected chi connectivity index (χ3v) is 6.20. The summed E-state index contributed by atoms with van der Waals surface area (Å²) in [6.07, 6.45) is 27.8. The van der Waals surface area contributed by atoms with Crippen LogP contribution >= 0.6 is 0 Å². The molecule has 0 spiro atoms. The first kappa shape index (κ1) is 39.0. The Morgan fingerprint density at radius 1 is 0.738 bits per heavy atom. The lowest BCUT2D eigenvalue weighted by molar-refractivity contribution is -0.889. The van der Waals surface area contributed by atoms with E-state index in [4.69, 9.17) is 14.2 Å². The fourth-order valence-corrected chi connectivity index (χ4v) is 3.79. The van der Waals surface area contributed by atoms with Gasteiger partial charge in [-0.25, -0.2) is 0 Å². The lowest BCUT2D eigenvalue weighted by Gasteiger charge is -2.34. The second-order valence-electron chi connectivity index (χ2n) is 11.0. The number of hydrogen-bond acceptors (Lipinski definition) is 7. The first-order valence-electron chi connectivity index (χ1n) is 15.3. The smallest absolute Gasteiger partial charge is 0.310 e. The van der Waals surface area contributed by atoms with Crippen molar-refractivity contribution >= 4 is 17.9 Å². The van der Waals surface area contributed by atoms with E-state index in [1.807, 2.05) is 12.2 Å². The van der Waals surface area contributed by atoms with Crippen molar-refractivity contribution < 1.29 is 38.2 Å². The van der Waals surface area contributed by atoms with Gasteiger partial charge < -0.3 is 28.6 Å². The maximum atomic E-state index is 12.4. The van der Waals surface area contributed by atoms with Crippen molar-refractivity contribution in [2.45, 2.75) is 96.6 Å². The largest absolute Gasteiger partial charge is 0.544 e. The topological polar surface area (TPSA) is 102 Å². The third kappa shape index (κ3) is 23.7. The average molecular weight is 590 g/mol. The molecule has 0 radical (unpaired) electrons. The number of nitrogens with zero attached hydrogens (tertiary/aromatic N) is 1. The first-order chi connectivity index (χ1) is 20.1. The van der Waals surface area contributed by atoms with Crippen LogP contribution in [0.2, 0.25) is 0 Å². The minimum absolute atomic E-state index is 0.00342. The van der Waals surface area contributed by atoms with Gasteiger partial charge in [-0.1, -0.05) is 87.4 Å². The summed E-state index contributed by atoms with van der Waals surface area (Å²) < 4.78 is 16.6. The molecule has 0 rings (SSSR count). The molecule has 0 saturated heterocycles. The van der Waals surface area contributed by atoms with E-state index in [2.05, 4.69) is 56.4 Å². The Kier molecular flexibility index (Phi) is 23.9. The zero-order valence-corrected chi connectivity index (χ0v) is 26.6. The highest BCUT2D eigenvalue weighted by atomic mass is 16.6. The maximum absolute atomic E-state index is 12.4. The van der Waals surface area contributed by atoms with Crippen molar-refractivity contribution in [2.24, 2.45) is 0 Å². The molecule has 0 N–H and O–H groups in total. The van der Waals surface area contributed by atoms with Crippen LogP contribution in [0.15, 0.2) is 60.8 Å². The van der Waals surface area contributed by atoms with Crippen LogP contribution < -0.4 is 5.11 Å². The molecule has 0 aromatic heterocycles. The van der Waals surface area contributed by atoms with E-state index in [0.29, 0.717) is 12.8 Å². The van der Waals surface area contributed by atoms with Gasteiger partial charge in [0.1, 0.15) is 12.6 Å². The second-order valence-corrected chi connectivity index (χ2v) is 11.0. The first-order valence-corrected chi connectivity index (χ1v) is 15.3. The van der Waals surface area contributed by atoms with Crippen LogP contribution in [0.1, 0.15) is 84.5 Å². The average Bonchev–Trinajstić information content (AvgIpc) is 2.92. The van der Waals surface area contributed by atoms with Crippen LogP contribution in [-0.2, 0) is 28.6 Å². The molecular weight excluding hydrogens is 534 g/mol. The molecule has 0 aromatic rings.